The Morgan fingerprint density at radius 1 is 1.53 bits per heavy atom. The van der Waals surface area contributed by atoms with Crippen molar-refractivity contribution in [3.63, 3.8) is 0 Å². The lowest BCUT2D eigenvalue weighted by atomic mass is 10.0. The highest BCUT2D eigenvalue weighted by molar-refractivity contribution is 7.08. The van der Waals surface area contributed by atoms with Gasteiger partial charge in [0.25, 0.3) is 5.56 Å². The highest BCUT2D eigenvalue weighted by atomic mass is 32.1. The van der Waals surface area contributed by atoms with Crippen LogP contribution in [0.2, 0.25) is 0 Å². The zero-order valence-corrected chi connectivity index (χ0v) is 11.1. The maximum Gasteiger partial charge on any atom is 0.347 e. The molecule has 0 aromatic carbocycles. The van der Waals surface area contributed by atoms with Crippen molar-refractivity contribution in [2.24, 2.45) is 7.05 Å². The molecule has 0 amide bonds. The van der Waals surface area contributed by atoms with Crippen molar-refractivity contribution in [2.75, 3.05) is 0 Å². The summed E-state index contributed by atoms with van der Waals surface area (Å²) in [6, 6.07) is 3.47. The van der Waals surface area contributed by atoms with E-state index in [4.69, 9.17) is 0 Å². The molecule has 1 N–H and O–H groups in total. The summed E-state index contributed by atoms with van der Waals surface area (Å²) in [7, 11) is 1.67. The van der Waals surface area contributed by atoms with Crippen LogP contribution in [0.5, 0.6) is 0 Å². The molecule has 2 heterocycles. The van der Waals surface area contributed by atoms with Crippen molar-refractivity contribution >= 4 is 17.5 Å². The molecule has 2 aromatic rings. The van der Waals surface area contributed by atoms with E-state index in [1.165, 1.54) is 4.57 Å². The molecule has 3 rings (SSSR count). The van der Waals surface area contributed by atoms with Crippen LogP contribution < -0.4 is 5.56 Å². The second-order valence-electron chi connectivity index (χ2n) is 4.69. The van der Waals surface area contributed by atoms with Gasteiger partial charge in [0.15, 0.2) is 0 Å². The average molecular weight is 276 g/mol. The SMILES string of the molecule is Cn1cccc(-c2nsc(C(=O)O)c2C2CC2)c1=O. The van der Waals surface area contributed by atoms with Gasteiger partial charge in [0.05, 0.1) is 11.3 Å². The summed E-state index contributed by atoms with van der Waals surface area (Å²) >= 11 is 0.964. The topological polar surface area (TPSA) is 72.2 Å². The van der Waals surface area contributed by atoms with E-state index in [1.54, 1.807) is 25.4 Å². The molecule has 19 heavy (non-hydrogen) atoms. The van der Waals surface area contributed by atoms with Crippen LogP contribution in [0.1, 0.15) is 34.0 Å². The van der Waals surface area contributed by atoms with Crippen molar-refractivity contribution in [3.8, 4) is 11.3 Å². The highest BCUT2D eigenvalue weighted by Crippen LogP contribution is 2.46. The molecule has 1 aliphatic rings. The van der Waals surface area contributed by atoms with Crippen molar-refractivity contribution < 1.29 is 9.90 Å². The van der Waals surface area contributed by atoms with Gasteiger partial charge in [0.2, 0.25) is 0 Å². The van der Waals surface area contributed by atoms with E-state index in [1.807, 2.05) is 0 Å². The van der Waals surface area contributed by atoms with Crippen LogP contribution >= 0.6 is 11.5 Å². The summed E-state index contributed by atoms with van der Waals surface area (Å²) < 4.78 is 5.70. The zero-order valence-electron chi connectivity index (χ0n) is 10.3. The molecular formula is C13H12N2O3S. The van der Waals surface area contributed by atoms with Crippen LogP contribution in [-0.4, -0.2) is 20.0 Å². The van der Waals surface area contributed by atoms with E-state index < -0.39 is 5.97 Å². The Morgan fingerprint density at radius 3 is 2.89 bits per heavy atom. The van der Waals surface area contributed by atoms with Crippen LogP contribution in [-0.2, 0) is 7.05 Å². The summed E-state index contributed by atoms with van der Waals surface area (Å²) in [6.45, 7) is 0. The first kappa shape index (κ1) is 12.1. The predicted molar refractivity (Wildman–Crippen MR) is 71.7 cm³/mol. The first-order valence-electron chi connectivity index (χ1n) is 5.98. The number of carboxylic acids is 1. The molecule has 0 atom stereocenters. The van der Waals surface area contributed by atoms with Gasteiger partial charge in [0.1, 0.15) is 4.88 Å². The first-order valence-corrected chi connectivity index (χ1v) is 6.76. The minimum atomic E-state index is -0.960. The summed E-state index contributed by atoms with van der Waals surface area (Å²) in [5, 5.41) is 9.21. The third-order valence-electron chi connectivity index (χ3n) is 3.29. The Hall–Kier alpha value is -1.95. The minimum absolute atomic E-state index is 0.147. The number of carboxylic acid groups (broad SMARTS) is 1. The van der Waals surface area contributed by atoms with Crippen LogP contribution in [0.25, 0.3) is 11.3 Å². The molecule has 0 bridgehead atoms. The first-order chi connectivity index (χ1) is 9.09. The van der Waals surface area contributed by atoms with Gasteiger partial charge in [-0.3, -0.25) is 4.79 Å². The van der Waals surface area contributed by atoms with E-state index in [0.717, 1.165) is 29.9 Å². The summed E-state index contributed by atoms with van der Waals surface area (Å²) in [5.74, 6) is -0.719. The molecule has 1 aliphatic carbocycles. The fourth-order valence-electron chi connectivity index (χ4n) is 2.17. The van der Waals surface area contributed by atoms with Gasteiger partial charge in [-0.25, -0.2) is 4.79 Å². The summed E-state index contributed by atoms with van der Waals surface area (Å²) in [6.07, 6.45) is 3.62. The van der Waals surface area contributed by atoms with Gasteiger partial charge in [-0.1, -0.05) is 0 Å². The Morgan fingerprint density at radius 2 is 2.26 bits per heavy atom. The lowest BCUT2D eigenvalue weighted by molar-refractivity contribution is 0.0701. The number of hydrogen-bond acceptors (Lipinski definition) is 4. The molecule has 0 unspecified atom stereocenters. The Bertz CT molecular complexity index is 713. The quantitative estimate of drug-likeness (QED) is 0.931. The van der Waals surface area contributed by atoms with Gasteiger partial charge in [-0.05, 0) is 42.4 Å². The Kier molecular flexibility index (Phi) is 2.74. The predicted octanol–water partition coefficient (Wildman–Crippen LogP) is 2.08. The summed E-state index contributed by atoms with van der Waals surface area (Å²) in [5.41, 5.74) is 1.62. The highest BCUT2D eigenvalue weighted by Gasteiger charge is 2.34. The number of carbonyl (C=O) groups is 1. The van der Waals surface area contributed by atoms with E-state index in [2.05, 4.69) is 4.37 Å². The number of aromatic carboxylic acids is 1. The maximum atomic E-state index is 12.1. The number of rotatable bonds is 3. The normalized spacial score (nSPS) is 14.6. The molecule has 1 saturated carbocycles. The second kappa shape index (κ2) is 4.31. The third-order valence-corrected chi connectivity index (χ3v) is 4.14. The molecule has 0 radical (unpaired) electrons. The van der Waals surface area contributed by atoms with Crippen LogP contribution in [0.4, 0.5) is 0 Å². The molecular weight excluding hydrogens is 264 g/mol. The van der Waals surface area contributed by atoms with E-state index >= 15 is 0 Å². The lowest BCUT2D eigenvalue weighted by Gasteiger charge is -2.04. The third kappa shape index (κ3) is 1.98. The van der Waals surface area contributed by atoms with Crippen molar-refractivity contribution in [2.45, 2.75) is 18.8 Å². The van der Waals surface area contributed by atoms with E-state index in [9.17, 15) is 14.7 Å². The van der Waals surface area contributed by atoms with Crippen LogP contribution in [0.15, 0.2) is 23.1 Å². The molecule has 2 aromatic heterocycles. The standard InChI is InChI=1S/C13H12N2O3S/c1-15-6-2-3-8(12(15)16)10-9(7-4-5-7)11(13(17)18)19-14-10/h2-3,6-7H,4-5H2,1H3,(H,17,18). The number of aryl methyl sites for hydroxylation is 1. The van der Waals surface area contributed by atoms with E-state index in [0.29, 0.717) is 11.3 Å². The van der Waals surface area contributed by atoms with Crippen molar-refractivity contribution in [1.29, 1.82) is 0 Å². The summed E-state index contributed by atoms with van der Waals surface area (Å²) in [4.78, 5) is 23.6. The second-order valence-corrected chi connectivity index (χ2v) is 5.46. The fraction of sp³-hybridized carbons (Fsp3) is 0.308. The Balaban J connectivity index is 2.23. The monoisotopic (exact) mass is 276 g/mol. The lowest BCUT2D eigenvalue weighted by Crippen LogP contribution is -2.17. The molecule has 0 aliphatic heterocycles. The molecule has 5 nitrogen and oxygen atoms in total. The molecule has 0 spiro atoms. The molecule has 6 heteroatoms. The van der Waals surface area contributed by atoms with Gasteiger partial charge in [-0.2, -0.15) is 4.37 Å². The number of hydrogen-bond donors (Lipinski definition) is 1. The molecule has 98 valence electrons. The van der Waals surface area contributed by atoms with Crippen LogP contribution in [0, 0.1) is 0 Å². The number of nitrogens with zero attached hydrogens (tertiary/aromatic N) is 2. The Labute approximate surface area is 113 Å². The molecule has 0 saturated heterocycles. The van der Waals surface area contributed by atoms with Crippen molar-refractivity contribution in [3.05, 3.63) is 39.1 Å². The van der Waals surface area contributed by atoms with Gasteiger partial charge >= 0.3 is 5.97 Å². The number of aromatic nitrogens is 2. The van der Waals surface area contributed by atoms with E-state index in [-0.39, 0.29) is 16.4 Å². The zero-order chi connectivity index (χ0) is 13.6. The van der Waals surface area contributed by atoms with Crippen LogP contribution in [0.3, 0.4) is 0 Å². The molecule has 1 fully saturated rings. The van der Waals surface area contributed by atoms with Gasteiger partial charge < -0.3 is 9.67 Å². The minimum Gasteiger partial charge on any atom is -0.477 e. The average Bonchev–Trinajstić information content (AvgIpc) is 3.11. The maximum absolute atomic E-state index is 12.1. The van der Waals surface area contributed by atoms with Gasteiger partial charge in [-0.15, -0.1) is 0 Å². The van der Waals surface area contributed by atoms with Crippen molar-refractivity contribution in [1.82, 2.24) is 8.94 Å². The van der Waals surface area contributed by atoms with Gasteiger partial charge in [0, 0.05) is 18.8 Å². The largest absolute Gasteiger partial charge is 0.477 e. The smallest absolute Gasteiger partial charge is 0.347 e. The number of pyridine rings is 1. The fourth-order valence-corrected chi connectivity index (χ4v) is 2.99.